The molecule has 0 atom stereocenters. The van der Waals surface area contributed by atoms with Crippen LogP contribution in [-0.4, -0.2) is 21.3 Å². The molecule has 0 saturated heterocycles. The smallest absolute Gasteiger partial charge is 0.148 e. The molecule has 1 N–H and O–H groups in total. The first kappa shape index (κ1) is 29.3. The summed E-state index contributed by atoms with van der Waals surface area (Å²) in [4.78, 5) is 9.71. The number of imidazole rings is 1. The molecule has 0 radical (unpaired) electrons. The quantitative estimate of drug-likeness (QED) is 0.198. The third kappa shape index (κ3) is 5.62. The van der Waals surface area contributed by atoms with Gasteiger partial charge in [0.2, 0.25) is 0 Å². The first-order valence-electron chi connectivity index (χ1n) is 15.6. The lowest BCUT2D eigenvalue weighted by Gasteiger charge is -2.24. The van der Waals surface area contributed by atoms with Crippen molar-refractivity contribution in [2.75, 3.05) is 16.5 Å². The molecule has 0 aliphatic carbocycles. The van der Waals surface area contributed by atoms with Crippen LogP contribution in [0.3, 0.4) is 0 Å². The number of aromatic nitrogens is 2. The Morgan fingerprint density at radius 3 is 1.91 bits per heavy atom. The molecule has 0 bridgehead atoms. The molecule has 6 rings (SSSR count). The van der Waals surface area contributed by atoms with Crippen LogP contribution in [-0.2, 0) is 0 Å². The number of phenols is 1. The van der Waals surface area contributed by atoms with Crippen molar-refractivity contribution in [1.82, 2.24) is 9.55 Å². The van der Waals surface area contributed by atoms with Gasteiger partial charge in [0.05, 0.1) is 23.6 Å². The summed E-state index contributed by atoms with van der Waals surface area (Å²) in [5.74, 6) is 2.00. The van der Waals surface area contributed by atoms with Crippen LogP contribution in [0.25, 0.3) is 28.3 Å². The Balaban J connectivity index is 1.48. The first-order valence-corrected chi connectivity index (χ1v) is 15.6. The molecule has 1 aliphatic rings. The summed E-state index contributed by atoms with van der Waals surface area (Å²) in [6, 6.07) is 31.2. The molecule has 0 spiro atoms. The molecule has 5 nitrogen and oxygen atoms in total. The molecular weight excluding hydrogens is 540 g/mol. The van der Waals surface area contributed by atoms with E-state index in [-0.39, 0.29) is 5.75 Å². The van der Waals surface area contributed by atoms with Gasteiger partial charge in [-0.1, -0.05) is 96.1 Å². The number of benzene rings is 4. The zero-order valence-electron chi connectivity index (χ0n) is 26.6. The second-order valence-corrected chi connectivity index (χ2v) is 12.6. The van der Waals surface area contributed by atoms with Crippen molar-refractivity contribution in [3.05, 3.63) is 126 Å². The summed E-state index contributed by atoms with van der Waals surface area (Å²) < 4.78 is 2.22. The predicted molar refractivity (Wildman–Crippen MR) is 184 cm³/mol. The minimum Gasteiger partial charge on any atom is -0.507 e. The standard InChI is InChI=1S/C39H42N4O/c1-26(2)30-22-34(27(3)4)38(35(23-30)28(5)6)43-24-36(40-39(43)33-17-10-11-18-37(33)44)29-13-12-16-32(21-29)42-20-19-41(25-42)31-14-8-7-9-15-31/h7-24,26-28,44H,25H2,1-6H3. The summed E-state index contributed by atoms with van der Waals surface area (Å²) in [5.41, 5.74) is 9.96. The van der Waals surface area contributed by atoms with Crippen molar-refractivity contribution in [2.45, 2.75) is 59.3 Å². The SMILES string of the molecule is CC(C)c1cc(C(C)C)c(-n2cc(-c3cccc(N4C=CN(c5ccccc5)C4)c3)nc2-c2ccccc2O)c(C(C)C)c1. The number of hydrogen-bond donors (Lipinski definition) is 1. The monoisotopic (exact) mass is 582 g/mol. The Bertz CT molecular complexity index is 1770. The first-order chi connectivity index (χ1) is 21.2. The average molecular weight is 583 g/mol. The molecule has 0 amide bonds. The van der Waals surface area contributed by atoms with Crippen LogP contribution < -0.4 is 9.80 Å². The molecule has 1 aliphatic heterocycles. The highest BCUT2D eigenvalue weighted by molar-refractivity contribution is 5.74. The lowest BCUT2D eigenvalue weighted by molar-refractivity contribution is 0.477. The minimum absolute atomic E-state index is 0.221. The van der Waals surface area contributed by atoms with Gasteiger partial charge in [-0.25, -0.2) is 4.98 Å². The van der Waals surface area contributed by atoms with E-state index in [2.05, 4.69) is 135 Å². The van der Waals surface area contributed by atoms with Crippen molar-refractivity contribution >= 4 is 11.4 Å². The van der Waals surface area contributed by atoms with E-state index >= 15 is 0 Å². The second-order valence-electron chi connectivity index (χ2n) is 12.6. The van der Waals surface area contributed by atoms with Crippen LogP contribution in [0.4, 0.5) is 11.4 Å². The van der Waals surface area contributed by atoms with Gasteiger partial charge in [0.25, 0.3) is 0 Å². The highest BCUT2D eigenvalue weighted by Gasteiger charge is 2.24. The average Bonchev–Trinajstić information content (AvgIpc) is 3.70. The summed E-state index contributed by atoms with van der Waals surface area (Å²) in [5, 5.41) is 11.0. The van der Waals surface area contributed by atoms with E-state index in [1.165, 1.54) is 22.4 Å². The number of nitrogens with zero attached hydrogens (tertiary/aromatic N) is 4. The fourth-order valence-electron chi connectivity index (χ4n) is 5.96. The van der Waals surface area contributed by atoms with Crippen molar-refractivity contribution in [3.63, 3.8) is 0 Å². The van der Waals surface area contributed by atoms with Gasteiger partial charge in [-0.3, -0.25) is 4.57 Å². The molecule has 5 heteroatoms. The number of aromatic hydroxyl groups is 1. The summed E-state index contributed by atoms with van der Waals surface area (Å²) >= 11 is 0. The van der Waals surface area contributed by atoms with Crippen molar-refractivity contribution in [3.8, 4) is 34.1 Å². The van der Waals surface area contributed by atoms with Crippen LogP contribution in [0.15, 0.2) is 110 Å². The Morgan fingerprint density at radius 2 is 1.27 bits per heavy atom. The normalized spacial score (nSPS) is 13.2. The molecular formula is C39H42N4O. The van der Waals surface area contributed by atoms with Crippen molar-refractivity contribution < 1.29 is 5.11 Å². The zero-order chi connectivity index (χ0) is 31.0. The molecule has 2 heterocycles. The van der Waals surface area contributed by atoms with Crippen LogP contribution in [0.2, 0.25) is 0 Å². The van der Waals surface area contributed by atoms with Crippen LogP contribution in [0.1, 0.15) is 76.0 Å². The molecule has 224 valence electrons. The molecule has 4 aromatic carbocycles. The van der Waals surface area contributed by atoms with Gasteiger partial charge in [0.1, 0.15) is 11.6 Å². The van der Waals surface area contributed by atoms with E-state index in [4.69, 9.17) is 4.98 Å². The zero-order valence-corrected chi connectivity index (χ0v) is 26.6. The largest absolute Gasteiger partial charge is 0.507 e. The fraction of sp³-hybridized carbons (Fsp3) is 0.256. The third-order valence-electron chi connectivity index (χ3n) is 8.49. The maximum absolute atomic E-state index is 11.0. The number of phenolic OH excluding ortho intramolecular Hbond substituents is 1. The molecule has 0 unspecified atom stereocenters. The molecule has 0 fully saturated rings. The molecule has 1 aromatic heterocycles. The molecule has 0 saturated carbocycles. The minimum atomic E-state index is 0.221. The van der Waals surface area contributed by atoms with Gasteiger partial charge in [-0.15, -0.1) is 0 Å². The second kappa shape index (κ2) is 12.1. The van der Waals surface area contributed by atoms with Gasteiger partial charge in [0.15, 0.2) is 0 Å². The van der Waals surface area contributed by atoms with Crippen LogP contribution in [0.5, 0.6) is 5.75 Å². The highest BCUT2D eigenvalue weighted by atomic mass is 16.3. The van der Waals surface area contributed by atoms with Gasteiger partial charge in [0, 0.05) is 35.5 Å². The Labute approximate surface area is 261 Å². The Morgan fingerprint density at radius 1 is 0.659 bits per heavy atom. The topological polar surface area (TPSA) is 44.5 Å². The van der Waals surface area contributed by atoms with E-state index in [1.54, 1.807) is 6.07 Å². The Kier molecular flexibility index (Phi) is 8.05. The van der Waals surface area contributed by atoms with E-state index < -0.39 is 0 Å². The summed E-state index contributed by atoms with van der Waals surface area (Å²) in [6.45, 7) is 14.3. The van der Waals surface area contributed by atoms with Crippen molar-refractivity contribution in [1.29, 1.82) is 0 Å². The third-order valence-corrected chi connectivity index (χ3v) is 8.49. The van der Waals surface area contributed by atoms with E-state index in [1.807, 2.05) is 24.3 Å². The summed E-state index contributed by atoms with van der Waals surface area (Å²) in [6.07, 6.45) is 6.39. The number of para-hydroxylation sites is 2. The number of rotatable bonds is 8. The molecule has 5 aromatic rings. The van der Waals surface area contributed by atoms with E-state index in [9.17, 15) is 5.11 Å². The maximum atomic E-state index is 11.0. The molecule has 44 heavy (non-hydrogen) atoms. The van der Waals surface area contributed by atoms with Crippen molar-refractivity contribution in [2.24, 2.45) is 0 Å². The van der Waals surface area contributed by atoms with Gasteiger partial charge in [-0.05, 0) is 70.8 Å². The number of hydrogen-bond acceptors (Lipinski definition) is 4. The van der Waals surface area contributed by atoms with Gasteiger partial charge in [-0.2, -0.15) is 0 Å². The van der Waals surface area contributed by atoms with E-state index in [0.717, 1.165) is 35.1 Å². The lowest BCUT2D eigenvalue weighted by atomic mass is 9.87. The summed E-state index contributed by atoms with van der Waals surface area (Å²) in [7, 11) is 0. The maximum Gasteiger partial charge on any atom is 0.148 e. The fourth-order valence-corrected chi connectivity index (χ4v) is 5.96. The van der Waals surface area contributed by atoms with Gasteiger partial charge < -0.3 is 14.9 Å². The highest BCUT2D eigenvalue weighted by Crippen LogP contribution is 2.40. The van der Waals surface area contributed by atoms with Gasteiger partial charge >= 0.3 is 0 Å². The number of anilines is 2. The lowest BCUT2D eigenvalue weighted by Crippen LogP contribution is -2.24. The predicted octanol–water partition coefficient (Wildman–Crippen LogP) is 10.0. The van der Waals surface area contributed by atoms with Crippen LogP contribution in [0, 0.1) is 0 Å². The van der Waals surface area contributed by atoms with E-state index in [0.29, 0.717) is 23.3 Å². The Hall–Kier alpha value is -4.77. The van der Waals surface area contributed by atoms with Crippen LogP contribution >= 0.6 is 0 Å².